The molecule has 2 heterocycles. The van der Waals surface area contributed by atoms with Crippen molar-refractivity contribution in [2.45, 2.75) is 90.8 Å². The van der Waals surface area contributed by atoms with Gasteiger partial charge in [0.05, 0.1) is 21.7 Å². The molecular formula is C42H47ClN6O6. The number of anilines is 2. The second kappa shape index (κ2) is 16.1. The zero-order valence-corrected chi connectivity index (χ0v) is 32.3. The largest absolute Gasteiger partial charge is 0.489 e. The fourth-order valence-electron chi connectivity index (χ4n) is 8.38. The average Bonchev–Trinajstić information content (AvgIpc) is 3.40. The van der Waals surface area contributed by atoms with Crippen LogP contribution < -0.4 is 26.0 Å². The lowest BCUT2D eigenvalue weighted by molar-refractivity contribution is -0.164. The number of amides is 5. The highest BCUT2D eigenvalue weighted by Crippen LogP contribution is 2.55. The lowest BCUT2D eigenvalue weighted by atomic mass is 9.49. The molecule has 0 radical (unpaired) electrons. The Kier molecular flexibility index (Phi) is 11.5. The minimum absolute atomic E-state index is 0.0849. The van der Waals surface area contributed by atoms with Gasteiger partial charge in [-0.1, -0.05) is 58.6 Å². The van der Waals surface area contributed by atoms with Crippen molar-refractivity contribution < 1.29 is 28.7 Å². The maximum atomic E-state index is 13.3. The Morgan fingerprint density at radius 3 is 2.11 bits per heavy atom. The van der Waals surface area contributed by atoms with E-state index in [1.54, 1.807) is 36.4 Å². The van der Waals surface area contributed by atoms with Crippen LogP contribution in [-0.2, 0) is 9.59 Å². The summed E-state index contributed by atoms with van der Waals surface area (Å²) in [5.41, 5.74) is 2.49. The monoisotopic (exact) mass is 766 g/mol. The van der Waals surface area contributed by atoms with Crippen molar-refractivity contribution in [2.24, 2.45) is 10.8 Å². The van der Waals surface area contributed by atoms with Crippen LogP contribution in [0.15, 0.2) is 60.7 Å². The van der Waals surface area contributed by atoms with E-state index < -0.39 is 29.7 Å². The first-order valence-electron chi connectivity index (χ1n) is 18.8. The smallest absolute Gasteiger partial charge is 0.262 e. The maximum absolute atomic E-state index is 13.3. The first kappa shape index (κ1) is 39.3. The average molecular weight is 767 g/mol. The number of halogens is 1. The molecule has 2 aliphatic heterocycles. The number of nitrogens with one attached hydrogen (secondary N) is 4. The Morgan fingerprint density at radius 1 is 0.855 bits per heavy atom. The lowest BCUT2D eigenvalue weighted by Crippen LogP contribution is -2.74. The molecule has 55 heavy (non-hydrogen) atoms. The van der Waals surface area contributed by atoms with Crippen molar-refractivity contribution in [3.05, 3.63) is 87.9 Å². The van der Waals surface area contributed by atoms with E-state index in [2.05, 4.69) is 55.0 Å². The zero-order valence-electron chi connectivity index (χ0n) is 31.6. The topological polar surface area (TPSA) is 170 Å². The van der Waals surface area contributed by atoms with Gasteiger partial charge in [-0.25, -0.2) is 0 Å². The lowest BCUT2D eigenvalue weighted by Gasteiger charge is -2.63. The van der Waals surface area contributed by atoms with Crippen LogP contribution in [0.2, 0.25) is 5.02 Å². The number of nitrogens with zero attached hydrogens (tertiary/aromatic N) is 2. The van der Waals surface area contributed by atoms with Gasteiger partial charge in [-0.2, -0.15) is 5.26 Å². The molecule has 3 aromatic rings. The van der Waals surface area contributed by atoms with Crippen molar-refractivity contribution in [2.75, 3.05) is 23.7 Å². The van der Waals surface area contributed by atoms with Crippen LogP contribution in [-0.4, -0.2) is 65.7 Å². The summed E-state index contributed by atoms with van der Waals surface area (Å²) in [6, 6.07) is 18.6. The molecule has 2 fully saturated rings. The molecule has 5 amide bonds. The highest BCUT2D eigenvalue weighted by molar-refractivity contribution is 6.31. The number of hydrogen-bond acceptors (Lipinski definition) is 9. The highest BCUT2D eigenvalue weighted by atomic mass is 35.5. The van der Waals surface area contributed by atoms with Gasteiger partial charge < -0.3 is 20.7 Å². The van der Waals surface area contributed by atoms with Crippen molar-refractivity contribution in [1.29, 1.82) is 5.26 Å². The molecule has 288 valence electrons. The molecule has 0 aromatic heterocycles. The second-order valence-corrected chi connectivity index (χ2v) is 16.1. The SMILES string of the molecule is CC1(C)[C@H](NC(=O)c2ccc(NCCCCCCCNc3ccc4c(c3)C(=O)N(C3CCC(=O)NC3=O)C4=O)cc2)C(C)(C)[C@H]1Oc1ccc(C#N)c(Cl)c1. The summed E-state index contributed by atoms with van der Waals surface area (Å²) in [5, 5.41) is 21.7. The number of unbranched alkanes of at least 4 members (excludes halogenated alkanes) is 4. The molecule has 4 N–H and O–H groups in total. The van der Waals surface area contributed by atoms with Gasteiger partial charge in [-0.15, -0.1) is 0 Å². The Balaban J connectivity index is 0.868. The van der Waals surface area contributed by atoms with Crippen LogP contribution in [0.5, 0.6) is 5.75 Å². The summed E-state index contributed by atoms with van der Waals surface area (Å²) in [5.74, 6) is -1.59. The van der Waals surface area contributed by atoms with Gasteiger partial charge in [0, 0.05) is 59.4 Å². The second-order valence-electron chi connectivity index (χ2n) is 15.7. The summed E-state index contributed by atoms with van der Waals surface area (Å²) in [4.78, 5) is 64.0. The molecule has 6 rings (SSSR count). The van der Waals surface area contributed by atoms with Crippen molar-refractivity contribution in [1.82, 2.24) is 15.5 Å². The molecule has 0 bridgehead atoms. The van der Waals surface area contributed by atoms with Crippen LogP contribution in [0.1, 0.15) is 109 Å². The van der Waals surface area contributed by atoms with Gasteiger partial charge in [-0.05, 0) is 73.9 Å². The van der Waals surface area contributed by atoms with E-state index in [-0.39, 0.29) is 52.9 Å². The number of fused-ring (bicyclic) bond motifs is 1. The van der Waals surface area contributed by atoms with E-state index in [1.807, 2.05) is 24.3 Å². The molecule has 12 nitrogen and oxygen atoms in total. The molecular weight excluding hydrogens is 720 g/mol. The first-order chi connectivity index (χ1) is 26.2. The normalized spacial score (nSPS) is 20.9. The summed E-state index contributed by atoms with van der Waals surface area (Å²) >= 11 is 6.22. The molecule has 1 saturated carbocycles. The van der Waals surface area contributed by atoms with Gasteiger partial charge in [-0.3, -0.25) is 34.2 Å². The summed E-state index contributed by atoms with van der Waals surface area (Å²) in [6.45, 7) is 9.85. The number of imide groups is 2. The third-order valence-electron chi connectivity index (χ3n) is 11.0. The fourth-order valence-corrected chi connectivity index (χ4v) is 8.59. The van der Waals surface area contributed by atoms with Crippen LogP contribution >= 0.6 is 11.6 Å². The molecule has 3 aliphatic rings. The Labute approximate surface area is 326 Å². The number of rotatable bonds is 15. The highest BCUT2D eigenvalue weighted by Gasteiger charge is 2.64. The minimum atomic E-state index is -0.977. The van der Waals surface area contributed by atoms with Crippen molar-refractivity contribution in [3.63, 3.8) is 0 Å². The number of nitriles is 1. The molecule has 0 spiro atoms. The van der Waals surface area contributed by atoms with E-state index >= 15 is 0 Å². The van der Waals surface area contributed by atoms with Crippen molar-refractivity contribution >= 4 is 52.5 Å². The van der Waals surface area contributed by atoms with E-state index in [4.69, 9.17) is 16.3 Å². The van der Waals surface area contributed by atoms with Crippen LogP contribution in [0, 0.1) is 22.2 Å². The third-order valence-corrected chi connectivity index (χ3v) is 11.3. The van der Waals surface area contributed by atoms with Gasteiger partial charge in [0.25, 0.3) is 17.7 Å². The first-order valence-corrected chi connectivity index (χ1v) is 19.2. The van der Waals surface area contributed by atoms with Crippen LogP contribution in [0.25, 0.3) is 0 Å². The number of carbonyl (C=O) groups excluding carboxylic acids is 5. The van der Waals surface area contributed by atoms with Gasteiger partial charge in [0.15, 0.2) is 0 Å². The van der Waals surface area contributed by atoms with Crippen molar-refractivity contribution in [3.8, 4) is 11.8 Å². The summed E-state index contributed by atoms with van der Waals surface area (Å²) < 4.78 is 6.34. The number of carbonyl (C=O) groups is 5. The van der Waals surface area contributed by atoms with Crippen LogP contribution in [0.3, 0.4) is 0 Å². The van der Waals surface area contributed by atoms with Gasteiger partial charge in [0.2, 0.25) is 11.8 Å². The molecule has 13 heteroatoms. The summed E-state index contributed by atoms with van der Waals surface area (Å²) in [6.07, 6.45) is 5.15. The Morgan fingerprint density at radius 2 is 1.47 bits per heavy atom. The Hall–Kier alpha value is -5.41. The Bertz CT molecular complexity index is 2020. The van der Waals surface area contributed by atoms with Crippen LogP contribution in [0.4, 0.5) is 11.4 Å². The minimum Gasteiger partial charge on any atom is -0.489 e. The summed E-state index contributed by atoms with van der Waals surface area (Å²) in [7, 11) is 0. The van der Waals surface area contributed by atoms with E-state index in [9.17, 15) is 29.2 Å². The number of piperidine rings is 1. The van der Waals surface area contributed by atoms with E-state index in [0.29, 0.717) is 28.4 Å². The fraction of sp³-hybridized carbons (Fsp3) is 0.429. The maximum Gasteiger partial charge on any atom is 0.262 e. The zero-order chi connectivity index (χ0) is 39.5. The van der Waals surface area contributed by atoms with Gasteiger partial charge in [0.1, 0.15) is 24.0 Å². The predicted octanol–water partition coefficient (Wildman–Crippen LogP) is 6.70. The predicted molar refractivity (Wildman–Crippen MR) is 209 cm³/mol. The van der Waals surface area contributed by atoms with E-state index in [1.165, 1.54) is 0 Å². The molecule has 1 aliphatic carbocycles. The quantitative estimate of drug-likeness (QED) is 0.0972. The van der Waals surface area contributed by atoms with Gasteiger partial charge >= 0.3 is 0 Å². The molecule has 1 saturated heterocycles. The molecule has 1 atom stereocenters. The number of hydrogen-bond donors (Lipinski definition) is 4. The standard InChI is InChI=1S/C42H47ClN6O6/c1-41(2)39(42(3,4)40(41)55-29-16-12-26(24-44)32(43)23-29)48-35(51)25-10-13-27(14-11-25)45-20-8-6-5-7-9-21-46-28-15-17-30-31(22-28)38(54)49(37(30)53)33-18-19-34(50)47-36(33)52/h10-17,22-23,33,39-40,45-46H,5-9,18-21H2,1-4H3,(H,48,51)(H,47,50,52)/t33?,39-,40-. The number of ether oxygens (including phenoxy) is 1. The van der Waals surface area contributed by atoms with E-state index in [0.717, 1.165) is 54.9 Å². The molecule has 1 unspecified atom stereocenters. The number of benzene rings is 3. The third kappa shape index (κ3) is 8.17. The molecule has 3 aromatic carbocycles.